The number of nitrogens with one attached hydrogen (secondary N) is 1. The van der Waals surface area contributed by atoms with E-state index in [-0.39, 0.29) is 5.91 Å². The van der Waals surface area contributed by atoms with Crippen LogP contribution in [0, 0.1) is 0 Å². The van der Waals surface area contributed by atoms with E-state index >= 15 is 0 Å². The van der Waals surface area contributed by atoms with Crippen LogP contribution >= 0.6 is 11.3 Å². The maximum absolute atomic E-state index is 11.2. The van der Waals surface area contributed by atoms with Gasteiger partial charge in [0.1, 0.15) is 0 Å². The molecule has 0 aliphatic carbocycles. The smallest absolute Gasteiger partial charge is 0.275 e. The van der Waals surface area contributed by atoms with Crippen LogP contribution in [0.3, 0.4) is 0 Å². The Morgan fingerprint density at radius 2 is 2.05 bits per heavy atom. The molecule has 0 saturated carbocycles. The number of nitrogens with two attached hydrogens (primary N) is 1. The van der Waals surface area contributed by atoms with E-state index in [1.54, 1.807) is 13.2 Å². The zero-order valence-electron chi connectivity index (χ0n) is 11.0. The van der Waals surface area contributed by atoms with Gasteiger partial charge in [0.05, 0.1) is 24.7 Å². The Balaban J connectivity index is 2.06. The minimum atomic E-state index is -0.280. The number of methoxy groups -OCH3 is 1. The summed E-state index contributed by atoms with van der Waals surface area (Å²) in [6.45, 7) is 2.96. The van der Waals surface area contributed by atoms with Crippen molar-refractivity contribution in [2.75, 3.05) is 33.5 Å². The van der Waals surface area contributed by atoms with Crippen LogP contribution in [0.2, 0.25) is 0 Å². The normalized spacial score (nSPS) is 10.6. The summed E-state index contributed by atoms with van der Waals surface area (Å²) in [5.41, 5.74) is 2.10. The highest BCUT2D eigenvalue weighted by molar-refractivity contribution is 7.14. The molecule has 19 heavy (non-hydrogen) atoms. The van der Waals surface area contributed by atoms with Gasteiger partial charge in [-0.25, -0.2) is 5.84 Å². The Morgan fingerprint density at radius 1 is 1.26 bits per heavy atom. The van der Waals surface area contributed by atoms with Gasteiger partial charge in [-0.1, -0.05) is 0 Å². The van der Waals surface area contributed by atoms with Crippen molar-refractivity contribution in [3.63, 3.8) is 0 Å². The molecule has 1 heterocycles. The molecular weight excluding hydrogens is 268 g/mol. The molecule has 1 aromatic heterocycles. The van der Waals surface area contributed by atoms with Crippen molar-refractivity contribution in [1.29, 1.82) is 0 Å². The Morgan fingerprint density at radius 3 is 2.79 bits per heavy atom. The van der Waals surface area contributed by atoms with Crippen LogP contribution in [-0.4, -0.2) is 39.4 Å². The first kappa shape index (κ1) is 16.1. The molecule has 7 heteroatoms. The van der Waals surface area contributed by atoms with Crippen LogP contribution in [0.1, 0.15) is 21.0 Å². The van der Waals surface area contributed by atoms with Crippen LogP contribution in [0.25, 0.3) is 0 Å². The first-order valence-electron chi connectivity index (χ1n) is 6.02. The molecule has 0 saturated heterocycles. The number of hydrazine groups is 1. The van der Waals surface area contributed by atoms with Gasteiger partial charge >= 0.3 is 0 Å². The molecular formula is C12H20N2O4S. The van der Waals surface area contributed by atoms with E-state index in [0.717, 1.165) is 11.3 Å². The monoisotopic (exact) mass is 288 g/mol. The number of hydrogen-bond acceptors (Lipinski definition) is 6. The predicted octanol–water partition coefficient (Wildman–Crippen LogP) is 0.921. The minimum absolute atomic E-state index is 0.280. The Hall–Kier alpha value is -0.990. The molecule has 1 aromatic rings. The predicted molar refractivity (Wildman–Crippen MR) is 72.9 cm³/mol. The average molecular weight is 288 g/mol. The van der Waals surface area contributed by atoms with Crippen LogP contribution in [0.15, 0.2) is 12.1 Å². The highest BCUT2D eigenvalue weighted by Crippen LogP contribution is 2.16. The second-order valence-corrected chi connectivity index (χ2v) is 4.92. The number of thiophene rings is 1. The highest BCUT2D eigenvalue weighted by Gasteiger charge is 2.07. The lowest BCUT2D eigenvalue weighted by Gasteiger charge is -2.04. The lowest BCUT2D eigenvalue weighted by atomic mass is 10.4. The molecule has 1 rings (SSSR count). The van der Waals surface area contributed by atoms with Crippen LogP contribution in [0.4, 0.5) is 0 Å². The van der Waals surface area contributed by atoms with Crippen molar-refractivity contribution in [3.05, 3.63) is 21.9 Å². The summed E-state index contributed by atoms with van der Waals surface area (Å²) in [5, 5.41) is 0. The second-order valence-electron chi connectivity index (χ2n) is 3.75. The van der Waals surface area contributed by atoms with Crippen molar-refractivity contribution in [1.82, 2.24) is 5.43 Å². The number of rotatable bonds is 10. The highest BCUT2D eigenvalue weighted by atomic mass is 32.1. The number of amides is 1. The molecule has 0 atom stereocenters. The molecule has 0 fully saturated rings. The Bertz CT molecular complexity index is 370. The van der Waals surface area contributed by atoms with Gasteiger partial charge in [0.15, 0.2) is 0 Å². The molecule has 0 bridgehead atoms. The quantitative estimate of drug-likeness (QED) is 0.289. The number of carbonyl (C=O) groups is 1. The van der Waals surface area contributed by atoms with Crippen LogP contribution in [0.5, 0.6) is 0 Å². The van der Waals surface area contributed by atoms with Gasteiger partial charge < -0.3 is 14.2 Å². The zero-order valence-corrected chi connectivity index (χ0v) is 11.8. The number of carbonyl (C=O) groups excluding carboxylic acids is 1. The fourth-order valence-corrected chi connectivity index (χ4v) is 2.20. The molecule has 6 nitrogen and oxygen atoms in total. The number of hydrogen-bond donors (Lipinski definition) is 2. The van der Waals surface area contributed by atoms with E-state index in [4.69, 9.17) is 20.1 Å². The number of nitrogen functional groups attached to an aromatic ring is 1. The maximum atomic E-state index is 11.2. The molecule has 0 spiro atoms. The van der Waals surface area contributed by atoms with Crippen molar-refractivity contribution in [2.45, 2.75) is 13.0 Å². The first-order chi connectivity index (χ1) is 9.27. The molecule has 3 N–H and O–H groups in total. The van der Waals surface area contributed by atoms with Gasteiger partial charge in [-0.3, -0.25) is 10.2 Å². The summed E-state index contributed by atoms with van der Waals surface area (Å²) in [4.78, 5) is 12.8. The summed E-state index contributed by atoms with van der Waals surface area (Å²) in [7, 11) is 1.67. The molecule has 0 unspecified atom stereocenters. The minimum Gasteiger partial charge on any atom is -0.385 e. The summed E-state index contributed by atoms with van der Waals surface area (Å²) in [6, 6.07) is 3.58. The molecule has 0 aliphatic rings. The zero-order chi connectivity index (χ0) is 13.9. The SMILES string of the molecule is COCCCOCCOCc1ccc(C(=O)NN)s1. The van der Waals surface area contributed by atoms with Gasteiger partial charge in [0.2, 0.25) is 0 Å². The van der Waals surface area contributed by atoms with E-state index in [1.165, 1.54) is 11.3 Å². The van der Waals surface area contributed by atoms with E-state index in [1.807, 2.05) is 6.07 Å². The van der Waals surface area contributed by atoms with Crippen molar-refractivity contribution in [3.8, 4) is 0 Å². The average Bonchev–Trinajstić information content (AvgIpc) is 2.89. The molecule has 108 valence electrons. The van der Waals surface area contributed by atoms with Crippen molar-refractivity contribution < 1.29 is 19.0 Å². The summed E-state index contributed by atoms with van der Waals surface area (Å²) < 4.78 is 15.7. The third-order valence-corrected chi connectivity index (χ3v) is 3.33. The Labute approximate surface area is 116 Å². The summed E-state index contributed by atoms with van der Waals surface area (Å²) >= 11 is 1.37. The topological polar surface area (TPSA) is 82.8 Å². The standard InChI is InChI=1S/C12H20N2O4S/c1-16-5-2-6-17-7-8-18-9-10-3-4-11(19-10)12(15)14-13/h3-4H,2,5-9,13H2,1H3,(H,14,15). The van der Waals surface area contributed by atoms with Gasteiger partial charge in [0.25, 0.3) is 5.91 Å². The van der Waals surface area contributed by atoms with E-state index in [2.05, 4.69) is 5.43 Å². The molecule has 0 radical (unpaired) electrons. The van der Waals surface area contributed by atoms with E-state index < -0.39 is 0 Å². The van der Waals surface area contributed by atoms with E-state index in [0.29, 0.717) is 37.9 Å². The van der Waals surface area contributed by atoms with Gasteiger partial charge in [-0.05, 0) is 18.6 Å². The fraction of sp³-hybridized carbons (Fsp3) is 0.583. The summed E-state index contributed by atoms with van der Waals surface area (Å²) in [5.74, 6) is 4.77. The van der Waals surface area contributed by atoms with Gasteiger partial charge in [-0.2, -0.15) is 0 Å². The third-order valence-electron chi connectivity index (χ3n) is 2.27. The molecule has 1 amide bonds. The van der Waals surface area contributed by atoms with Crippen LogP contribution in [-0.2, 0) is 20.8 Å². The molecule has 0 aliphatic heterocycles. The Kier molecular flexibility index (Phi) is 8.35. The fourth-order valence-electron chi connectivity index (χ4n) is 1.35. The summed E-state index contributed by atoms with van der Waals surface area (Å²) in [6.07, 6.45) is 0.888. The lowest BCUT2D eigenvalue weighted by Crippen LogP contribution is -2.29. The van der Waals surface area contributed by atoms with Gasteiger partial charge in [-0.15, -0.1) is 11.3 Å². The van der Waals surface area contributed by atoms with E-state index in [9.17, 15) is 4.79 Å². The van der Waals surface area contributed by atoms with Crippen molar-refractivity contribution >= 4 is 17.2 Å². The lowest BCUT2D eigenvalue weighted by molar-refractivity contribution is 0.0344. The van der Waals surface area contributed by atoms with Crippen LogP contribution < -0.4 is 11.3 Å². The maximum Gasteiger partial charge on any atom is 0.275 e. The largest absolute Gasteiger partial charge is 0.385 e. The van der Waals surface area contributed by atoms with Crippen molar-refractivity contribution in [2.24, 2.45) is 5.84 Å². The first-order valence-corrected chi connectivity index (χ1v) is 6.83. The number of ether oxygens (including phenoxy) is 3. The third kappa shape index (κ3) is 6.65. The van der Waals surface area contributed by atoms with Gasteiger partial charge in [0, 0.05) is 25.2 Å². The molecule has 0 aromatic carbocycles. The second kappa shape index (κ2) is 9.88.